The van der Waals surface area contributed by atoms with Crippen LogP contribution >= 0.6 is 0 Å². The van der Waals surface area contributed by atoms with E-state index < -0.39 is 21.2 Å². The number of benzene rings is 1. The van der Waals surface area contributed by atoms with Crippen molar-refractivity contribution in [2.24, 2.45) is 0 Å². The molecule has 1 saturated heterocycles. The van der Waals surface area contributed by atoms with Gasteiger partial charge in [0, 0.05) is 6.42 Å². The number of halogens is 1. The molecule has 122 valence electrons. The SMILES string of the molecule is COc1ccc(CCC(=O)NC2(C)CCS(=O)(=O)C2)cc1F. The van der Waals surface area contributed by atoms with Crippen LogP contribution in [0.4, 0.5) is 4.39 Å². The van der Waals surface area contributed by atoms with Gasteiger partial charge in [0.15, 0.2) is 21.4 Å². The minimum absolute atomic E-state index is 0.0249. The van der Waals surface area contributed by atoms with Gasteiger partial charge in [0.25, 0.3) is 0 Å². The molecule has 0 radical (unpaired) electrons. The maximum absolute atomic E-state index is 13.6. The van der Waals surface area contributed by atoms with Crippen molar-refractivity contribution in [1.82, 2.24) is 5.32 Å². The molecule has 0 saturated carbocycles. The lowest BCUT2D eigenvalue weighted by molar-refractivity contribution is -0.122. The van der Waals surface area contributed by atoms with Gasteiger partial charge in [-0.3, -0.25) is 4.79 Å². The summed E-state index contributed by atoms with van der Waals surface area (Å²) in [5, 5.41) is 2.78. The number of aryl methyl sites for hydroxylation is 1. The van der Waals surface area contributed by atoms with E-state index in [1.807, 2.05) is 0 Å². The molecule has 1 heterocycles. The Bertz CT molecular complexity index is 674. The van der Waals surface area contributed by atoms with E-state index in [1.165, 1.54) is 19.2 Å². The highest BCUT2D eigenvalue weighted by Gasteiger charge is 2.39. The summed E-state index contributed by atoms with van der Waals surface area (Å²) >= 11 is 0. The summed E-state index contributed by atoms with van der Waals surface area (Å²) in [5.41, 5.74) is -0.00111. The third kappa shape index (κ3) is 4.19. The van der Waals surface area contributed by atoms with Crippen molar-refractivity contribution in [3.8, 4) is 5.75 Å². The minimum atomic E-state index is -3.06. The summed E-state index contributed by atoms with van der Waals surface area (Å²) in [6.45, 7) is 1.74. The fraction of sp³-hybridized carbons (Fsp3) is 0.533. The molecule has 2 rings (SSSR count). The average molecular weight is 329 g/mol. The topological polar surface area (TPSA) is 72.5 Å². The van der Waals surface area contributed by atoms with E-state index in [0.29, 0.717) is 18.4 Å². The number of sulfone groups is 1. The van der Waals surface area contributed by atoms with Gasteiger partial charge in [-0.1, -0.05) is 6.07 Å². The molecule has 5 nitrogen and oxygen atoms in total. The van der Waals surface area contributed by atoms with E-state index >= 15 is 0 Å². The van der Waals surface area contributed by atoms with E-state index in [-0.39, 0.29) is 29.6 Å². The van der Waals surface area contributed by atoms with Crippen LogP contribution in [0.25, 0.3) is 0 Å². The van der Waals surface area contributed by atoms with Crippen molar-refractivity contribution in [3.63, 3.8) is 0 Å². The summed E-state index contributed by atoms with van der Waals surface area (Å²) in [4.78, 5) is 12.0. The second kappa shape index (κ2) is 6.24. The first-order valence-electron chi connectivity index (χ1n) is 7.07. The molecule has 1 unspecified atom stereocenters. The lowest BCUT2D eigenvalue weighted by Gasteiger charge is -2.23. The minimum Gasteiger partial charge on any atom is -0.494 e. The van der Waals surface area contributed by atoms with Gasteiger partial charge >= 0.3 is 0 Å². The maximum Gasteiger partial charge on any atom is 0.220 e. The first kappa shape index (κ1) is 16.7. The number of amides is 1. The van der Waals surface area contributed by atoms with Crippen LogP contribution in [0.15, 0.2) is 18.2 Å². The van der Waals surface area contributed by atoms with Crippen molar-refractivity contribution in [2.45, 2.75) is 31.7 Å². The predicted molar refractivity (Wildman–Crippen MR) is 81.1 cm³/mol. The first-order chi connectivity index (χ1) is 10.2. The van der Waals surface area contributed by atoms with Crippen molar-refractivity contribution in [1.29, 1.82) is 0 Å². The molecular formula is C15H20FNO4S. The van der Waals surface area contributed by atoms with E-state index in [2.05, 4.69) is 5.32 Å². The molecule has 0 aromatic heterocycles. The zero-order chi connectivity index (χ0) is 16.4. The summed E-state index contributed by atoms with van der Waals surface area (Å²) in [6.07, 6.45) is 0.995. The molecule has 7 heteroatoms. The molecule has 0 aliphatic carbocycles. The van der Waals surface area contributed by atoms with E-state index in [0.717, 1.165) is 0 Å². The molecule has 1 aliphatic rings. The van der Waals surface area contributed by atoms with Gasteiger partial charge in [-0.05, 0) is 37.5 Å². The Labute approximate surface area is 129 Å². The summed E-state index contributed by atoms with van der Waals surface area (Å²) in [5.74, 6) is -0.446. The molecule has 1 fully saturated rings. The Morgan fingerprint density at radius 2 is 2.18 bits per heavy atom. The average Bonchev–Trinajstić information content (AvgIpc) is 2.70. The van der Waals surface area contributed by atoms with Crippen molar-refractivity contribution < 1.29 is 22.3 Å². The summed E-state index contributed by atoms with van der Waals surface area (Å²) < 4.78 is 41.4. The molecule has 1 N–H and O–H groups in total. The first-order valence-corrected chi connectivity index (χ1v) is 8.89. The summed E-state index contributed by atoms with van der Waals surface area (Å²) in [7, 11) is -1.67. The molecule has 1 aromatic rings. The second-order valence-corrected chi connectivity index (χ2v) is 8.10. The quantitative estimate of drug-likeness (QED) is 0.888. The molecule has 22 heavy (non-hydrogen) atoms. The van der Waals surface area contributed by atoms with Gasteiger partial charge in [-0.2, -0.15) is 0 Å². The molecule has 1 aliphatic heterocycles. The molecule has 0 bridgehead atoms. The van der Waals surface area contributed by atoms with Crippen LogP contribution in [0.2, 0.25) is 0 Å². The fourth-order valence-electron chi connectivity index (χ4n) is 2.63. The van der Waals surface area contributed by atoms with Crippen LogP contribution in [-0.2, 0) is 21.1 Å². The predicted octanol–water partition coefficient (Wildman–Crippen LogP) is 1.46. The Morgan fingerprint density at radius 3 is 2.73 bits per heavy atom. The number of methoxy groups -OCH3 is 1. The van der Waals surface area contributed by atoms with Gasteiger partial charge in [0.1, 0.15) is 0 Å². The van der Waals surface area contributed by atoms with Crippen molar-refractivity contribution >= 4 is 15.7 Å². The number of carbonyl (C=O) groups excluding carboxylic acids is 1. The van der Waals surface area contributed by atoms with Crippen LogP contribution < -0.4 is 10.1 Å². The van der Waals surface area contributed by atoms with Gasteiger partial charge < -0.3 is 10.1 Å². The Balaban J connectivity index is 1.89. The van der Waals surface area contributed by atoms with Crippen molar-refractivity contribution in [3.05, 3.63) is 29.6 Å². The molecular weight excluding hydrogens is 309 g/mol. The molecule has 0 spiro atoms. The second-order valence-electron chi connectivity index (χ2n) is 5.92. The molecule has 1 aromatic carbocycles. The zero-order valence-electron chi connectivity index (χ0n) is 12.7. The van der Waals surface area contributed by atoms with E-state index in [4.69, 9.17) is 4.74 Å². The van der Waals surface area contributed by atoms with Crippen LogP contribution in [-0.4, -0.2) is 38.5 Å². The Morgan fingerprint density at radius 1 is 1.45 bits per heavy atom. The smallest absolute Gasteiger partial charge is 0.220 e. The van der Waals surface area contributed by atoms with Crippen LogP contribution in [0, 0.1) is 5.82 Å². The maximum atomic E-state index is 13.6. The van der Waals surface area contributed by atoms with Crippen LogP contribution in [0.1, 0.15) is 25.3 Å². The number of nitrogens with one attached hydrogen (secondary N) is 1. The molecule has 1 atom stereocenters. The van der Waals surface area contributed by atoms with Gasteiger partial charge in [-0.25, -0.2) is 12.8 Å². The highest BCUT2D eigenvalue weighted by atomic mass is 32.2. The normalized spacial score (nSPS) is 23.2. The number of carbonyl (C=O) groups is 1. The van der Waals surface area contributed by atoms with Gasteiger partial charge in [0.2, 0.25) is 5.91 Å². The number of hydrogen-bond acceptors (Lipinski definition) is 4. The molecule has 1 amide bonds. The van der Waals surface area contributed by atoms with Crippen LogP contribution in [0.3, 0.4) is 0 Å². The van der Waals surface area contributed by atoms with E-state index in [1.54, 1.807) is 13.0 Å². The number of ether oxygens (including phenoxy) is 1. The lowest BCUT2D eigenvalue weighted by Crippen LogP contribution is -2.47. The standard InChI is InChI=1S/C15H20FNO4S/c1-15(7-8-22(19,20)10-15)17-14(18)6-4-11-3-5-13(21-2)12(16)9-11/h3,5,9H,4,6-8,10H2,1-2H3,(H,17,18). The Kier molecular flexibility index (Phi) is 4.75. The highest BCUT2D eigenvalue weighted by Crippen LogP contribution is 2.23. The zero-order valence-corrected chi connectivity index (χ0v) is 13.5. The largest absolute Gasteiger partial charge is 0.494 e. The monoisotopic (exact) mass is 329 g/mol. The highest BCUT2D eigenvalue weighted by molar-refractivity contribution is 7.91. The third-order valence-corrected chi connectivity index (χ3v) is 5.70. The van der Waals surface area contributed by atoms with Gasteiger partial charge in [-0.15, -0.1) is 0 Å². The lowest BCUT2D eigenvalue weighted by atomic mass is 10.0. The Hall–Kier alpha value is -1.63. The third-order valence-electron chi connectivity index (χ3n) is 3.80. The van der Waals surface area contributed by atoms with Crippen molar-refractivity contribution in [2.75, 3.05) is 18.6 Å². The van der Waals surface area contributed by atoms with Gasteiger partial charge in [0.05, 0.1) is 24.2 Å². The number of hydrogen-bond donors (Lipinski definition) is 1. The fourth-order valence-corrected chi connectivity index (χ4v) is 4.72. The van der Waals surface area contributed by atoms with E-state index in [9.17, 15) is 17.6 Å². The number of rotatable bonds is 5. The summed E-state index contributed by atoms with van der Waals surface area (Å²) in [6, 6.07) is 4.57. The van der Waals surface area contributed by atoms with Crippen LogP contribution in [0.5, 0.6) is 5.75 Å².